The molecular formula is C23H23NO6S. The van der Waals surface area contributed by atoms with Gasteiger partial charge in [0.15, 0.2) is 0 Å². The number of thioether (sulfide) groups is 1. The molecule has 1 aliphatic heterocycles. The molecule has 2 aromatic rings. The number of aliphatic hydroxyl groups is 1. The largest absolute Gasteiger partial charge is 0.506 e. The minimum absolute atomic E-state index is 0.0162. The third-order valence-corrected chi connectivity index (χ3v) is 5.35. The van der Waals surface area contributed by atoms with E-state index in [2.05, 4.69) is 4.99 Å². The molecule has 0 saturated heterocycles. The highest BCUT2D eigenvalue weighted by molar-refractivity contribution is 8.18. The molecule has 1 N–H and O–H groups in total. The number of carbonyl (C=O) groups is 1. The Kier molecular flexibility index (Phi) is 7.25. The molecule has 0 aromatic heterocycles. The Balaban J connectivity index is 2.00. The Hall–Kier alpha value is -3.39. The van der Waals surface area contributed by atoms with Gasteiger partial charge in [-0.1, -0.05) is 11.8 Å². The molecule has 3 rings (SSSR count). The van der Waals surface area contributed by atoms with Gasteiger partial charge in [-0.3, -0.25) is 0 Å². The van der Waals surface area contributed by atoms with Crippen molar-refractivity contribution in [1.29, 1.82) is 0 Å². The summed E-state index contributed by atoms with van der Waals surface area (Å²) in [6.07, 6.45) is 1.73. The summed E-state index contributed by atoms with van der Waals surface area (Å²) in [6.45, 7) is 2.47. The molecule has 0 atom stereocenters. The van der Waals surface area contributed by atoms with Gasteiger partial charge in [0.25, 0.3) is 0 Å². The highest BCUT2D eigenvalue weighted by Crippen LogP contribution is 2.40. The van der Waals surface area contributed by atoms with Crippen LogP contribution in [0.4, 0.5) is 5.69 Å². The summed E-state index contributed by atoms with van der Waals surface area (Å²) in [4.78, 5) is 17.3. The molecule has 1 heterocycles. The zero-order valence-electron chi connectivity index (χ0n) is 17.7. The molecule has 0 bridgehead atoms. The van der Waals surface area contributed by atoms with Gasteiger partial charge in [0.2, 0.25) is 0 Å². The zero-order valence-corrected chi connectivity index (χ0v) is 18.5. The topological polar surface area (TPSA) is 86.6 Å². The van der Waals surface area contributed by atoms with Gasteiger partial charge in [0.1, 0.15) is 33.6 Å². The molecule has 0 radical (unpaired) electrons. The first-order valence-corrected chi connectivity index (χ1v) is 10.3. The van der Waals surface area contributed by atoms with Crippen LogP contribution in [0.1, 0.15) is 12.5 Å². The normalized spacial score (nSPS) is 16.0. The molecule has 0 saturated carbocycles. The van der Waals surface area contributed by atoms with Crippen molar-refractivity contribution >= 4 is 34.5 Å². The van der Waals surface area contributed by atoms with E-state index in [-0.39, 0.29) is 11.3 Å². The summed E-state index contributed by atoms with van der Waals surface area (Å²) in [5.41, 5.74) is 1.36. The predicted octanol–water partition coefficient (Wildman–Crippen LogP) is 4.91. The second kappa shape index (κ2) is 10.1. The number of carbonyl (C=O) groups excluding carboxylic acids is 1. The summed E-state index contributed by atoms with van der Waals surface area (Å²) >= 11 is 1.17. The molecule has 7 nitrogen and oxygen atoms in total. The van der Waals surface area contributed by atoms with Crippen molar-refractivity contribution in [3.8, 4) is 17.2 Å². The second-order valence-corrected chi connectivity index (χ2v) is 7.35. The maximum absolute atomic E-state index is 12.3. The van der Waals surface area contributed by atoms with Crippen molar-refractivity contribution in [3.05, 3.63) is 64.3 Å². The van der Waals surface area contributed by atoms with E-state index in [1.54, 1.807) is 62.8 Å². The Morgan fingerprint density at radius 2 is 1.68 bits per heavy atom. The number of hydrogen-bond donors (Lipinski definition) is 1. The molecule has 0 amide bonds. The Labute approximate surface area is 185 Å². The fourth-order valence-electron chi connectivity index (χ4n) is 2.86. The smallest absolute Gasteiger partial charge is 0.344 e. The first-order valence-electron chi connectivity index (χ1n) is 9.45. The number of hydrogen-bond acceptors (Lipinski definition) is 8. The second-order valence-electron chi connectivity index (χ2n) is 6.32. The van der Waals surface area contributed by atoms with E-state index in [9.17, 15) is 9.90 Å². The van der Waals surface area contributed by atoms with E-state index < -0.39 is 5.97 Å². The molecule has 1 aliphatic rings. The van der Waals surface area contributed by atoms with Crippen LogP contribution in [0.5, 0.6) is 17.2 Å². The van der Waals surface area contributed by atoms with Crippen molar-refractivity contribution in [2.45, 2.75) is 6.92 Å². The SMILES string of the molecule is CCOc1ccc(N=C2SC(=Cc3cc(OC)cc(OC)c3)C(O)=C2C(=O)OC)cc1. The molecular weight excluding hydrogens is 418 g/mol. The van der Waals surface area contributed by atoms with Crippen LogP contribution in [0.25, 0.3) is 6.08 Å². The zero-order chi connectivity index (χ0) is 22.4. The van der Waals surface area contributed by atoms with E-state index in [1.807, 2.05) is 6.92 Å². The summed E-state index contributed by atoms with van der Waals surface area (Å²) < 4.78 is 20.9. The van der Waals surface area contributed by atoms with E-state index in [1.165, 1.54) is 18.9 Å². The van der Waals surface area contributed by atoms with Crippen LogP contribution in [0.2, 0.25) is 0 Å². The van der Waals surface area contributed by atoms with Crippen LogP contribution in [-0.4, -0.2) is 44.1 Å². The Bertz CT molecular complexity index is 1030. The minimum Gasteiger partial charge on any atom is -0.506 e. The van der Waals surface area contributed by atoms with Crippen LogP contribution in [0.15, 0.2) is 63.7 Å². The number of benzene rings is 2. The standard InChI is InChI=1S/C23H23NO6S/c1-5-30-16-8-6-15(7-9-16)24-22-20(23(26)29-4)21(25)19(31-22)12-14-10-17(27-2)13-18(11-14)28-3/h6-13,25H,5H2,1-4H3. The van der Waals surface area contributed by atoms with E-state index >= 15 is 0 Å². The van der Waals surface area contributed by atoms with Gasteiger partial charge < -0.3 is 24.1 Å². The number of aliphatic hydroxyl groups excluding tert-OH is 1. The summed E-state index contributed by atoms with van der Waals surface area (Å²) in [5.74, 6) is 1.08. The summed E-state index contributed by atoms with van der Waals surface area (Å²) in [6, 6.07) is 12.5. The number of rotatable bonds is 7. The maximum Gasteiger partial charge on any atom is 0.344 e. The van der Waals surface area contributed by atoms with E-state index in [4.69, 9.17) is 18.9 Å². The van der Waals surface area contributed by atoms with Crippen LogP contribution in [0.3, 0.4) is 0 Å². The van der Waals surface area contributed by atoms with Crippen molar-refractivity contribution in [2.24, 2.45) is 4.99 Å². The summed E-state index contributed by atoms with van der Waals surface area (Å²) in [5, 5.41) is 11.1. The molecule has 31 heavy (non-hydrogen) atoms. The quantitative estimate of drug-likeness (QED) is 0.611. The lowest BCUT2D eigenvalue weighted by Gasteiger charge is -2.06. The van der Waals surface area contributed by atoms with Crippen LogP contribution >= 0.6 is 11.8 Å². The molecule has 2 aromatic carbocycles. The van der Waals surface area contributed by atoms with Gasteiger partial charge >= 0.3 is 5.97 Å². The molecule has 0 unspecified atom stereocenters. The van der Waals surface area contributed by atoms with Gasteiger partial charge in [-0.2, -0.15) is 0 Å². The molecule has 0 aliphatic carbocycles. The van der Waals surface area contributed by atoms with Crippen LogP contribution in [-0.2, 0) is 9.53 Å². The molecule has 8 heteroatoms. The van der Waals surface area contributed by atoms with Gasteiger partial charge in [-0.25, -0.2) is 9.79 Å². The van der Waals surface area contributed by atoms with Crippen molar-refractivity contribution in [3.63, 3.8) is 0 Å². The number of esters is 1. The van der Waals surface area contributed by atoms with Gasteiger partial charge in [-0.15, -0.1) is 0 Å². The number of methoxy groups -OCH3 is 3. The Morgan fingerprint density at radius 1 is 1.03 bits per heavy atom. The molecule has 0 spiro atoms. The van der Waals surface area contributed by atoms with E-state index in [0.717, 1.165) is 11.3 Å². The first kappa shape index (κ1) is 22.3. The highest BCUT2D eigenvalue weighted by Gasteiger charge is 2.33. The van der Waals surface area contributed by atoms with Crippen LogP contribution < -0.4 is 14.2 Å². The lowest BCUT2D eigenvalue weighted by atomic mass is 10.1. The highest BCUT2D eigenvalue weighted by atomic mass is 32.2. The third-order valence-electron chi connectivity index (χ3n) is 4.33. The van der Waals surface area contributed by atoms with Gasteiger partial charge in [0, 0.05) is 6.07 Å². The fourth-order valence-corrected chi connectivity index (χ4v) is 3.89. The minimum atomic E-state index is -0.665. The maximum atomic E-state index is 12.3. The number of nitrogens with zero attached hydrogens (tertiary/aromatic N) is 1. The third kappa shape index (κ3) is 5.21. The monoisotopic (exact) mass is 441 g/mol. The summed E-state index contributed by atoms with van der Waals surface area (Å²) in [7, 11) is 4.38. The average molecular weight is 442 g/mol. The fraction of sp³-hybridized carbons (Fsp3) is 0.217. The number of aliphatic imine (C=N–C) groups is 1. The first-order chi connectivity index (χ1) is 15.0. The lowest BCUT2D eigenvalue weighted by molar-refractivity contribution is -0.135. The Morgan fingerprint density at radius 3 is 2.23 bits per heavy atom. The van der Waals surface area contributed by atoms with E-state index in [0.29, 0.717) is 33.7 Å². The van der Waals surface area contributed by atoms with Gasteiger partial charge in [0.05, 0.1) is 38.5 Å². The predicted molar refractivity (Wildman–Crippen MR) is 121 cm³/mol. The van der Waals surface area contributed by atoms with Crippen molar-refractivity contribution < 1.29 is 28.8 Å². The molecule has 162 valence electrons. The van der Waals surface area contributed by atoms with Crippen molar-refractivity contribution in [1.82, 2.24) is 0 Å². The molecule has 0 fully saturated rings. The van der Waals surface area contributed by atoms with Crippen molar-refractivity contribution in [2.75, 3.05) is 27.9 Å². The van der Waals surface area contributed by atoms with Crippen LogP contribution in [0, 0.1) is 0 Å². The van der Waals surface area contributed by atoms with Gasteiger partial charge in [-0.05, 0) is 55.0 Å². The number of ether oxygens (including phenoxy) is 4. The average Bonchev–Trinajstić information content (AvgIpc) is 3.08. The lowest BCUT2D eigenvalue weighted by Crippen LogP contribution is -2.10.